The quantitative estimate of drug-likeness (QED) is 0.789. The average molecular weight is 266 g/mol. The molecular weight excluding hydrogens is 232 g/mol. The zero-order chi connectivity index (χ0) is 13.6. The topological polar surface area (TPSA) is 29.3 Å². The number of hydrogen-bond donors (Lipinski definition) is 1. The Kier molecular flexibility index (Phi) is 6.15. The van der Waals surface area contributed by atoms with E-state index in [1.54, 1.807) is 0 Å². The molecule has 0 bridgehead atoms. The van der Waals surface area contributed by atoms with Crippen LogP contribution < -0.4 is 5.73 Å². The van der Waals surface area contributed by atoms with Crippen molar-refractivity contribution in [2.24, 2.45) is 11.1 Å². The van der Waals surface area contributed by atoms with E-state index in [1.165, 1.54) is 83.7 Å². The van der Waals surface area contributed by atoms with E-state index in [0.717, 1.165) is 12.6 Å². The molecule has 0 radical (unpaired) electrons. The highest BCUT2D eigenvalue weighted by atomic mass is 15.1. The monoisotopic (exact) mass is 266 g/mol. The molecule has 2 heteroatoms. The normalized spacial score (nSPS) is 24.8. The van der Waals surface area contributed by atoms with Gasteiger partial charge in [0.2, 0.25) is 0 Å². The maximum atomic E-state index is 6.13. The van der Waals surface area contributed by atoms with Gasteiger partial charge in [0.1, 0.15) is 0 Å². The summed E-state index contributed by atoms with van der Waals surface area (Å²) in [5, 5.41) is 0. The molecule has 2 aliphatic carbocycles. The van der Waals surface area contributed by atoms with Crippen molar-refractivity contribution >= 4 is 0 Å². The summed E-state index contributed by atoms with van der Waals surface area (Å²) < 4.78 is 0. The summed E-state index contributed by atoms with van der Waals surface area (Å²) >= 11 is 0. The van der Waals surface area contributed by atoms with Gasteiger partial charge in [-0.2, -0.15) is 0 Å². The maximum absolute atomic E-state index is 6.13. The zero-order valence-electron chi connectivity index (χ0n) is 13.0. The van der Waals surface area contributed by atoms with Crippen LogP contribution in [-0.2, 0) is 0 Å². The van der Waals surface area contributed by atoms with E-state index in [-0.39, 0.29) is 0 Å². The first-order valence-corrected chi connectivity index (χ1v) is 8.74. The molecule has 0 heterocycles. The van der Waals surface area contributed by atoms with Crippen LogP contribution in [-0.4, -0.2) is 30.6 Å². The molecule has 2 N–H and O–H groups in total. The predicted molar refractivity (Wildman–Crippen MR) is 83.3 cm³/mol. The zero-order valence-corrected chi connectivity index (χ0v) is 13.0. The van der Waals surface area contributed by atoms with Gasteiger partial charge in [-0.3, -0.25) is 0 Å². The summed E-state index contributed by atoms with van der Waals surface area (Å²) in [5.41, 5.74) is 6.61. The lowest BCUT2D eigenvalue weighted by molar-refractivity contribution is 0.111. The predicted octanol–water partition coefficient (Wildman–Crippen LogP) is 3.94. The minimum atomic E-state index is 0.486. The van der Waals surface area contributed by atoms with Crippen molar-refractivity contribution in [1.29, 1.82) is 0 Å². The van der Waals surface area contributed by atoms with Gasteiger partial charge < -0.3 is 10.6 Å². The smallest absolute Gasteiger partial charge is 0.00951 e. The van der Waals surface area contributed by atoms with E-state index >= 15 is 0 Å². The van der Waals surface area contributed by atoms with Gasteiger partial charge in [0.15, 0.2) is 0 Å². The summed E-state index contributed by atoms with van der Waals surface area (Å²) in [6.07, 6.45) is 15.6. The summed E-state index contributed by atoms with van der Waals surface area (Å²) in [7, 11) is 0. The largest absolute Gasteiger partial charge is 0.330 e. The van der Waals surface area contributed by atoms with E-state index in [2.05, 4.69) is 11.8 Å². The molecule has 0 aromatic rings. The Morgan fingerprint density at radius 3 is 2.21 bits per heavy atom. The first-order chi connectivity index (χ1) is 9.29. The Balaban J connectivity index is 1.83. The first kappa shape index (κ1) is 15.3. The van der Waals surface area contributed by atoms with Gasteiger partial charge in [-0.1, -0.05) is 45.4 Å². The third kappa shape index (κ3) is 4.19. The molecule has 2 nitrogen and oxygen atoms in total. The second-order valence-electron chi connectivity index (χ2n) is 6.94. The Labute approximate surface area is 120 Å². The van der Waals surface area contributed by atoms with Gasteiger partial charge in [0.05, 0.1) is 0 Å². The summed E-state index contributed by atoms with van der Waals surface area (Å²) in [6, 6.07) is 0.872. The summed E-state index contributed by atoms with van der Waals surface area (Å²) in [5.74, 6) is 0. The Morgan fingerprint density at radius 1 is 1.00 bits per heavy atom. The number of hydrogen-bond acceptors (Lipinski definition) is 2. The molecule has 2 aliphatic rings. The molecular formula is C17H34N2. The van der Waals surface area contributed by atoms with Crippen LogP contribution in [0.4, 0.5) is 0 Å². The van der Waals surface area contributed by atoms with Crippen LogP contribution in [0.5, 0.6) is 0 Å². The fourth-order valence-corrected chi connectivity index (χ4v) is 4.28. The van der Waals surface area contributed by atoms with Gasteiger partial charge in [0, 0.05) is 6.04 Å². The second kappa shape index (κ2) is 7.64. The maximum Gasteiger partial charge on any atom is 0.00951 e. The Bertz CT molecular complexity index is 240. The standard InChI is InChI=1S/C17H34N2/c1-2-19(16-9-5-3-6-10-16)14-13-17(15-18)11-7-4-8-12-17/h16H,2-15,18H2,1H3. The lowest BCUT2D eigenvalue weighted by Gasteiger charge is -2.40. The van der Waals surface area contributed by atoms with Crippen molar-refractivity contribution in [3.05, 3.63) is 0 Å². The minimum absolute atomic E-state index is 0.486. The van der Waals surface area contributed by atoms with Gasteiger partial charge >= 0.3 is 0 Å². The van der Waals surface area contributed by atoms with Crippen LogP contribution in [0.3, 0.4) is 0 Å². The van der Waals surface area contributed by atoms with Crippen LogP contribution in [0.15, 0.2) is 0 Å². The Morgan fingerprint density at radius 2 is 1.63 bits per heavy atom. The van der Waals surface area contributed by atoms with Gasteiger partial charge in [0.25, 0.3) is 0 Å². The SMILES string of the molecule is CCN(CCC1(CN)CCCCC1)C1CCCCC1. The van der Waals surface area contributed by atoms with E-state index < -0.39 is 0 Å². The molecule has 2 rings (SSSR count). The fraction of sp³-hybridized carbons (Fsp3) is 1.00. The van der Waals surface area contributed by atoms with Crippen LogP contribution >= 0.6 is 0 Å². The van der Waals surface area contributed by atoms with Gasteiger partial charge in [-0.15, -0.1) is 0 Å². The van der Waals surface area contributed by atoms with Crippen molar-refractivity contribution in [2.45, 2.75) is 83.6 Å². The van der Waals surface area contributed by atoms with Crippen molar-refractivity contribution < 1.29 is 0 Å². The van der Waals surface area contributed by atoms with Crippen molar-refractivity contribution in [1.82, 2.24) is 4.90 Å². The highest BCUT2D eigenvalue weighted by molar-refractivity contribution is 4.86. The lowest BCUT2D eigenvalue weighted by atomic mass is 9.71. The molecule has 19 heavy (non-hydrogen) atoms. The van der Waals surface area contributed by atoms with E-state index in [9.17, 15) is 0 Å². The molecule has 0 amide bonds. The Hall–Kier alpha value is -0.0800. The third-order valence-corrected chi connectivity index (χ3v) is 5.77. The molecule has 0 spiro atoms. The summed E-state index contributed by atoms with van der Waals surface area (Å²) in [6.45, 7) is 5.77. The molecule has 2 fully saturated rings. The van der Waals surface area contributed by atoms with Crippen LogP contribution in [0.25, 0.3) is 0 Å². The van der Waals surface area contributed by atoms with Gasteiger partial charge in [-0.25, -0.2) is 0 Å². The highest BCUT2D eigenvalue weighted by Crippen LogP contribution is 2.38. The van der Waals surface area contributed by atoms with Crippen LogP contribution in [0.1, 0.15) is 77.6 Å². The first-order valence-electron chi connectivity index (χ1n) is 8.74. The van der Waals surface area contributed by atoms with Crippen molar-refractivity contribution in [3.8, 4) is 0 Å². The molecule has 112 valence electrons. The van der Waals surface area contributed by atoms with Crippen LogP contribution in [0.2, 0.25) is 0 Å². The number of nitrogens with two attached hydrogens (primary N) is 1. The summed E-state index contributed by atoms with van der Waals surface area (Å²) in [4.78, 5) is 2.76. The van der Waals surface area contributed by atoms with Crippen molar-refractivity contribution in [3.63, 3.8) is 0 Å². The molecule has 0 unspecified atom stereocenters. The third-order valence-electron chi connectivity index (χ3n) is 5.77. The lowest BCUT2D eigenvalue weighted by Crippen LogP contribution is -2.41. The fourth-order valence-electron chi connectivity index (χ4n) is 4.28. The molecule has 0 saturated heterocycles. The van der Waals surface area contributed by atoms with E-state index in [1.807, 2.05) is 0 Å². The molecule has 0 atom stereocenters. The van der Waals surface area contributed by atoms with Gasteiger partial charge in [-0.05, 0) is 57.2 Å². The number of nitrogens with zero attached hydrogens (tertiary/aromatic N) is 1. The van der Waals surface area contributed by atoms with Crippen molar-refractivity contribution in [2.75, 3.05) is 19.6 Å². The molecule has 0 aromatic heterocycles. The molecule has 2 saturated carbocycles. The molecule has 0 aromatic carbocycles. The second-order valence-corrected chi connectivity index (χ2v) is 6.94. The minimum Gasteiger partial charge on any atom is -0.330 e. The molecule has 0 aliphatic heterocycles. The number of rotatable bonds is 6. The highest BCUT2D eigenvalue weighted by Gasteiger charge is 2.31. The van der Waals surface area contributed by atoms with E-state index in [0.29, 0.717) is 5.41 Å². The van der Waals surface area contributed by atoms with E-state index in [4.69, 9.17) is 5.73 Å². The average Bonchev–Trinajstić information content (AvgIpc) is 2.50. The van der Waals surface area contributed by atoms with Crippen LogP contribution in [0, 0.1) is 5.41 Å².